The molecule has 2 aliphatic rings. The van der Waals surface area contributed by atoms with Crippen LogP contribution in [-0.2, 0) is 18.9 Å². The number of hydrogen-bond acceptors (Lipinski definition) is 12. The molecule has 16 heteroatoms. The number of carbonyl (C=O) groups is 4. The number of methoxy groups -OCH3 is 2. The van der Waals surface area contributed by atoms with Gasteiger partial charge < -0.3 is 57.9 Å². The van der Waals surface area contributed by atoms with Crippen molar-refractivity contribution >= 4 is 24.0 Å². The molecule has 1 N–H and O–H groups in total. The second-order valence-corrected chi connectivity index (χ2v) is 19.6. The second kappa shape index (κ2) is 27.1. The van der Waals surface area contributed by atoms with E-state index < -0.39 is 11.2 Å². The number of rotatable bonds is 19. The Morgan fingerprint density at radius 1 is 0.627 bits per heavy atom. The van der Waals surface area contributed by atoms with Gasteiger partial charge in [-0.05, 0) is 138 Å². The lowest BCUT2D eigenvalue weighted by Crippen LogP contribution is -2.54. The maximum Gasteiger partial charge on any atom is 0.410 e. The SMILES string of the molecule is CCCOc1ccc(C(=O)N(C(C)C)[C@@H]2CCCN(C(=O)OC(C)(C)C)C2)cc1OCCCOC.COCCCOc1cc(C(=O)N(C(C)C)[C@@H]2CCCN(C(=O)OC(C)(C)C)C2)ccc1O. The summed E-state index contributed by atoms with van der Waals surface area (Å²) in [5, 5.41) is 10.1. The third kappa shape index (κ3) is 18.6. The van der Waals surface area contributed by atoms with Gasteiger partial charge in [0.05, 0.1) is 31.9 Å². The van der Waals surface area contributed by atoms with Crippen LogP contribution in [0.3, 0.4) is 0 Å². The molecule has 378 valence electrons. The number of aromatic hydroxyl groups is 1. The third-order valence-corrected chi connectivity index (χ3v) is 10.8. The fraction of sp³-hybridized carbons (Fsp3) is 0.686. The van der Waals surface area contributed by atoms with Crippen LogP contribution in [0.5, 0.6) is 23.0 Å². The average molecular weight is 943 g/mol. The van der Waals surface area contributed by atoms with E-state index >= 15 is 0 Å². The van der Waals surface area contributed by atoms with Crippen LogP contribution in [0.25, 0.3) is 0 Å². The maximum absolute atomic E-state index is 13.7. The summed E-state index contributed by atoms with van der Waals surface area (Å²) in [5.41, 5.74) is -0.145. The van der Waals surface area contributed by atoms with Gasteiger partial charge in [-0.3, -0.25) is 9.59 Å². The molecule has 0 radical (unpaired) electrons. The Morgan fingerprint density at radius 2 is 1.04 bits per heavy atom. The van der Waals surface area contributed by atoms with E-state index in [0.717, 1.165) is 38.5 Å². The van der Waals surface area contributed by atoms with Crippen LogP contribution in [0.1, 0.15) is 142 Å². The van der Waals surface area contributed by atoms with E-state index in [1.807, 2.05) is 86.0 Å². The lowest BCUT2D eigenvalue weighted by atomic mass is 10.0. The largest absolute Gasteiger partial charge is 0.504 e. The highest BCUT2D eigenvalue weighted by molar-refractivity contribution is 5.96. The van der Waals surface area contributed by atoms with E-state index in [1.165, 1.54) is 6.07 Å². The highest BCUT2D eigenvalue weighted by atomic mass is 16.6. The smallest absolute Gasteiger partial charge is 0.410 e. The van der Waals surface area contributed by atoms with Gasteiger partial charge in [-0.1, -0.05) is 6.92 Å². The first-order chi connectivity index (χ1) is 31.6. The molecule has 0 aromatic heterocycles. The third-order valence-electron chi connectivity index (χ3n) is 10.8. The quantitative estimate of drug-likeness (QED) is 0.133. The van der Waals surface area contributed by atoms with Crippen LogP contribution < -0.4 is 14.2 Å². The number of phenolic OH excluding ortho intramolecular Hbond substituents is 1. The average Bonchev–Trinajstić information content (AvgIpc) is 3.25. The van der Waals surface area contributed by atoms with Crippen molar-refractivity contribution in [3.05, 3.63) is 47.5 Å². The molecule has 2 aromatic carbocycles. The van der Waals surface area contributed by atoms with Crippen molar-refractivity contribution < 1.29 is 57.4 Å². The number of phenols is 1. The Hall–Kier alpha value is -4.96. The van der Waals surface area contributed by atoms with Crippen LogP contribution in [-0.4, -0.2) is 158 Å². The molecule has 4 amide bonds. The standard InChI is InChI=1S/C27H44N2O6.C24H38N2O6/c1-8-15-33-23-13-12-21(18-24(23)34-17-10-16-32-7)25(30)29(20(2)3)22-11-9-14-28(19-22)26(31)35-27(4,5)6;1-17(2)26(19-9-7-12-25(16-19)23(29)32-24(3,4)5)22(28)18-10-11-20(27)21(15-18)31-14-8-13-30-6/h12-13,18,20,22H,8-11,14-17,19H2,1-7H3;10-11,15,17,19,27H,7-9,12-14,16H2,1-6H3/t22-;19-/m11/s1. The summed E-state index contributed by atoms with van der Waals surface area (Å²) < 4.78 is 38.7. The summed E-state index contributed by atoms with van der Waals surface area (Å²) in [5.74, 6) is 1.21. The highest BCUT2D eigenvalue weighted by Gasteiger charge is 2.36. The molecular weight excluding hydrogens is 861 g/mol. The van der Waals surface area contributed by atoms with E-state index in [-0.39, 0.29) is 59.7 Å². The number of piperidine rings is 2. The Bertz CT molecular complexity index is 1860. The summed E-state index contributed by atoms with van der Waals surface area (Å²) in [6.45, 7) is 25.8. The molecule has 0 spiro atoms. The summed E-state index contributed by atoms with van der Waals surface area (Å²) in [4.78, 5) is 59.5. The van der Waals surface area contributed by atoms with Gasteiger partial charge in [0.15, 0.2) is 23.0 Å². The molecule has 0 saturated carbocycles. The van der Waals surface area contributed by atoms with Gasteiger partial charge in [-0.15, -0.1) is 0 Å². The number of ether oxygens (including phenoxy) is 7. The number of likely N-dealkylation sites (tertiary alicyclic amines) is 2. The van der Waals surface area contributed by atoms with Crippen LogP contribution in [0.4, 0.5) is 9.59 Å². The Kier molecular flexibility index (Phi) is 22.8. The Morgan fingerprint density at radius 3 is 1.46 bits per heavy atom. The highest BCUT2D eigenvalue weighted by Crippen LogP contribution is 2.32. The van der Waals surface area contributed by atoms with Crippen molar-refractivity contribution in [3.8, 4) is 23.0 Å². The number of benzene rings is 2. The normalized spacial score (nSPS) is 16.5. The summed E-state index contributed by atoms with van der Waals surface area (Å²) in [6, 6.07) is 9.71. The number of hydrogen-bond donors (Lipinski definition) is 1. The zero-order valence-corrected chi connectivity index (χ0v) is 42.8. The minimum absolute atomic E-state index is 0.0103. The first-order valence-electron chi connectivity index (χ1n) is 24.0. The molecule has 67 heavy (non-hydrogen) atoms. The van der Waals surface area contributed by atoms with Crippen molar-refractivity contribution in [2.45, 2.75) is 156 Å². The minimum Gasteiger partial charge on any atom is -0.504 e. The number of amides is 4. The van der Waals surface area contributed by atoms with Crippen molar-refractivity contribution in [1.82, 2.24) is 19.6 Å². The lowest BCUT2D eigenvalue weighted by Gasteiger charge is -2.41. The predicted molar refractivity (Wildman–Crippen MR) is 259 cm³/mol. The van der Waals surface area contributed by atoms with Crippen molar-refractivity contribution in [2.75, 3.05) is 73.4 Å². The lowest BCUT2D eigenvalue weighted by molar-refractivity contribution is 0.00724. The molecule has 2 aliphatic heterocycles. The van der Waals surface area contributed by atoms with Gasteiger partial charge in [0.2, 0.25) is 0 Å². The van der Waals surface area contributed by atoms with Crippen LogP contribution in [0.15, 0.2) is 36.4 Å². The second-order valence-electron chi connectivity index (χ2n) is 19.6. The maximum atomic E-state index is 13.7. The molecule has 4 rings (SSSR count). The molecule has 0 bridgehead atoms. The first-order valence-corrected chi connectivity index (χ1v) is 24.0. The van der Waals surface area contributed by atoms with Crippen LogP contribution in [0, 0.1) is 0 Å². The predicted octanol–water partition coefficient (Wildman–Crippen LogP) is 9.20. The Labute approximate surface area is 400 Å². The van der Waals surface area contributed by atoms with Crippen molar-refractivity contribution in [2.24, 2.45) is 0 Å². The van der Waals surface area contributed by atoms with E-state index in [2.05, 4.69) is 0 Å². The molecule has 16 nitrogen and oxygen atoms in total. The topological polar surface area (TPSA) is 166 Å². The van der Waals surface area contributed by atoms with Crippen LogP contribution in [0.2, 0.25) is 0 Å². The fourth-order valence-electron chi connectivity index (χ4n) is 7.91. The van der Waals surface area contributed by atoms with E-state index in [4.69, 9.17) is 33.2 Å². The fourth-order valence-corrected chi connectivity index (χ4v) is 7.91. The van der Waals surface area contributed by atoms with Gasteiger partial charge in [-0.2, -0.15) is 0 Å². The molecule has 2 heterocycles. The summed E-state index contributed by atoms with van der Waals surface area (Å²) in [7, 11) is 3.28. The van der Waals surface area contributed by atoms with Crippen molar-refractivity contribution in [3.63, 3.8) is 0 Å². The van der Waals surface area contributed by atoms with E-state index in [1.54, 1.807) is 54.4 Å². The monoisotopic (exact) mass is 943 g/mol. The summed E-state index contributed by atoms with van der Waals surface area (Å²) in [6.07, 6.45) is 4.86. The molecule has 2 aromatic rings. The van der Waals surface area contributed by atoms with E-state index in [9.17, 15) is 24.3 Å². The zero-order chi connectivity index (χ0) is 49.9. The molecule has 0 aliphatic carbocycles. The van der Waals surface area contributed by atoms with Gasteiger partial charge in [0.1, 0.15) is 11.2 Å². The number of carbonyl (C=O) groups excluding carboxylic acids is 4. The van der Waals surface area contributed by atoms with Gasteiger partial charge >= 0.3 is 12.2 Å². The molecule has 2 fully saturated rings. The molecule has 0 unspecified atom stereocenters. The van der Waals surface area contributed by atoms with Gasteiger partial charge in [0, 0.05) is 89.7 Å². The van der Waals surface area contributed by atoms with Gasteiger partial charge in [0.25, 0.3) is 11.8 Å². The minimum atomic E-state index is -0.566. The summed E-state index contributed by atoms with van der Waals surface area (Å²) >= 11 is 0. The molecular formula is C51H82N4O12. The van der Waals surface area contributed by atoms with Crippen molar-refractivity contribution in [1.29, 1.82) is 0 Å². The number of nitrogens with zero attached hydrogens (tertiary/aromatic N) is 4. The first kappa shape index (κ1) is 56.4. The van der Waals surface area contributed by atoms with Crippen LogP contribution >= 0.6 is 0 Å². The zero-order valence-electron chi connectivity index (χ0n) is 42.8. The Balaban J connectivity index is 0.000000357. The molecule has 2 saturated heterocycles. The van der Waals surface area contributed by atoms with Gasteiger partial charge in [-0.25, -0.2) is 9.59 Å². The molecule has 2 atom stereocenters. The van der Waals surface area contributed by atoms with E-state index in [0.29, 0.717) is 88.3 Å².